The summed E-state index contributed by atoms with van der Waals surface area (Å²) >= 11 is 16.5. The fraction of sp³-hybridized carbons (Fsp3) is 0.312. The van der Waals surface area contributed by atoms with Gasteiger partial charge >= 0.3 is 0 Å². The van der Waals surface area contributed by atoms with Crippen LogP contribution in [0.5, 0.6) is 0 Å². The summed E-state index contributed by atoms with van der Waals surface area (Å²) < 4.78 is 49.6. The summed E-state index contributed by atoms with van der Waals surface area (Å²) in [5.74, 6) is -1.98. The number of sulfonamides is 1. The summed E-state index contributed by atoms with van der Waals surface area (Å²) in [5, 5.41) is 3.86. The lowest BCUT2D eigenvalue weighted by molar-refractivity contribution is -0.120. The van der Waals surface area contributed by atoms with Crippen LogP contribution in [0.4, 0.5) is 0 Å². The van der Waals surface area contributed by atoms with Crippen molar-refractivity contribution in [3.05, 3.63) is 42.5 Å². The molecule has 152 valence electrons. The van der Waals surface area contributed by atoms with Gasteiger partial charge in [-0.3, -0.25) is 4.79 Å². The van der Waals surface area contributed by atoms with Crippen LogP contribution >= 0.6 is 34.8 Å². The number of benzene rings is 2. The summed E-state index contributed by atoms with van der Waals surface area (Å²) in [6.45, 7) is 0. The lowest BCUT2D eigenvalue weighted by atomic mass is 10.1. The monoisotopic (exact) mass is 484 g/mol. The molecule has 0 spiro atoms. The minimum atomic E-state index is -4.05. The van der Waals surface area contributed by atoms with E-state index < -0.39 is 53.1 Å². The zero-order valence-corrected chi connectivity index (χ0v) is 18.0. The molecule has 1 heterocycles. The lowest BCUT2D eigenvalue weighted by Gasteiger charge is -2.22. The molecule has 2 aromatic rings. The predicted molar refractivity (Wildman–Crippen MR) is 109 cm³/mol. The maximum absolute atomic E-state index is 12.8. The predicted octanol–water partition coefficient (Wildman–Crippen LogP) is 1.77. The van der Waals surface area contributed by atoms with Gasteiger partial charge in [0.1, 0.15) is 0 Å². The van der Waals surface area contributed by atoms with Crippen LogP contribution in [0.25, 0.3) is 10.8 Å². The average molecular weight is 486 g/mol. The molecule has 2 N–H and O–H groups in total. The second-order valence-electron chi connectivity index (χ2n) is 6.39. The molecule has 1 saturated heterocycles. The Morgan fingerprint density at radius 1 is 1.00 bits per heavy atom. The number of carbonyl (C=O) groups excluding carboxylic acids is 1. The molecule has 12 heteroatoms. The van der Waals surface area contributed by atoms with Crippen molar-refractivity contribution in [2.75, 3.05) is 11.5 Å². The van der Waals surface area contributed by atoms with Crippen LogP contribution in [0.2, 0.25) is 0 Å². The minimum Gasteiger partial charge on any atom is -0.347 e. The molecular weight excluding hydrogens is 471 g/mol. The van der Waals surface area contributed by atoms with Crippen molar-refractivity contribution in [1.82, 2.24) is 10.0 Å². The van der Waals surface area contributed by atoms with Gasteiger partial charge in [0.2, 0.25) is 10.0 Å². The fourth-order valence-corrected chi connectivity index (χ4v) is 6.40. The third kappa shape index (κ3) is 4.90. The van der Waals surface area contributed by atoms with Crippen LogP contribution in [-0.4, -0.2) is 50.1 Å². The highest BCUT2D eigenvalue weighted by Gasteiger charge is 2.43. The van der Waals surface area contributed by atoms with Crippen LogP contribution in [0.15, 0.2) is 47.4 Å². The van der Waals surface area contributed by atoms with Crippen molar-refractivity contribution < 1.29 is 21.6 Å². The Labute approximate surface area is 177 Å². The van der Waals surface area contributed by atoms with Gasteiger partial charge in [-0.2, -0.15) is 0 Å². The highest BCUT2D eigenvalue weighted by atomic mass is 35.6. The van der Waals surface area contributed by atoms with Crippen LogP contribution in [0.3, 0.4) is 0 Å². The Kier molecular flexibility index (Phi) is 5.88. The standard InChI is InChI=1S/C16H15Cl3N2O5S2/c17-16(18,19)15(22)20-13-8-27(23,24)9-14(13)21-28(25,26)12-6-5-10-3-1-2-4-11(10)7-12/h1-7,13-14,21H,8-9H2,(H,20,22)/t13-,14+/m0/s1. The maximum Gasteiger partial charge on any atom is 0.272 e. The maximum atomic E-state index is 12.8. The van der Waals surface area contributed by atoms with Gasteiger partial charge < -0.3 is 5.32 Å². The van der Waals surface area contributed by atoms with Gasteiger partial charge in [-0.1, -0.05) is 65.1 Å². The van der Waals surface area contributed by atoms with Crippen molar-refractivity contribution in [3.63, 3.8) is 0 Å². The zero-order chi connectivity index (χ0) is 20.7. The molecule has 0 aromatic heterocycles. The van der Waals surface area contributed by atoms with Gasteiger partial charge in [-0.05, 0) is 22.9 Å². The van der Waals surface area contributed by atoms with Crippen LogP contribution < -0.4 is 10.0 Å². The Morgan fingerprint density at radius 2 is 1.61 bits per heavy atom. The van der Waals surface area contributed by atoms with Gasteiger partial charge in [0.25, 0.3) is 9.70 Å². The molecule has 2 aromatic carbocycles. The summed E-state index contributed by atoms with van der Waals surface area (Å²) in [5.41, 5.74) is 0. The first-order valence-corrected chi connectivity index (χ1v) is 12.4. The second-order valence-corrected chi connectivity index (χ2v) is 12.5. The molecule has 1 aliphatic rings. The molecule has 0 radical (unpaired) electrons. The number of alkyl halides is 3. The molecule has 1 amide bonds. The first-order valence-electron chi connectivity index (χ1n) is 7.97. The first-order chi connectivity index (χ1) is 12.9. The molecule has 7 nitrogen and oxygen atoms in total. The molecule has 0 saturated carbocycles. The Morgan fingerprint density at radius 3 is 2.25 bits per heavy atom. The number of nitrogens with one attached hydrogen (secondary N) is 2. The number of halogens is 3. The van der Waals surface area contributed by atoms with Crippen LogP contribution in [0, 0.1) is 0 Å². The molecule has 0 bridgehead atoms. The van der Waals surface area contributed by atoms with E-state index in [9.17, 15) is 21.6 Å². The molecule has 1 fully saturated rings. The molecule has 28 heavy (non-hydrogen) atoms. The number of hydrogen-bond donors (Lipinski definition) is 2. The number of sulfone groups is 1. The Bertz CT molecular complexity index is 1130. The molecule has 0 unspecified atom stereocenters. The van der Waals surface area contributed by atoms with E-state index in [1.54, 1.807) is 18.2 Å². The summed E-state index contributed by atoms with van der Waals surface area (Å²) in [4.78, 5) is 11.9. The zero-order valence-electron chi connectivity index (χ0n) is 14.1. The van der Waals surface area contributed by atoms with E-state index in [0.717, 1.165) is 5.39 Å². The summed E-state index contributed by atoms with van der Waals surface area (Å²) in [6, 6.07) is 9.59. The number of rotatable bonds is 4. The van der Waals surface area contributed by atoms with E-state index in [1.165, 1.54) is 12.1 Å². The van der Waals surface area contributed by atoms with Gasteiger partial charge in [0.15, 0.2) is 9.84 Å². The number of carbonyl (C=O) groups is 1. The van der Waals surface area contributed by atoms with Crippen LogP contribution in [0.1, 0.15) is 0 Å². The van der Waals surface area contributed by atoms with E-state index in [1.807, 2.05) is 12.1 Å². The second kappa shape index (κ2) is 7.62. The van der Waals surface area contributed by atoms with Crippen molar-refractivity contribution in [3.8, 4) is 0 Å². The normalized spacial score (nSPS) is 22.2. The Hall–Kier alpha value is -1.10. The van der Waals surface area contributed by atoms with E-state index in [-0.39, 0.29) is 4.90 Å². The van der Waals surface area contributed by atoms with Gasteiger partial charge in [0.05, 0.1) is 28.5 Å². The SMILES string of the molecule is O=C(N[C@H]1CS(=O)(=O)C[C@H]1NS(=O)(=O)c1ccc2ccccc2c1)C(Cl)(Cl)Cl. The smallest absolute Gasteiger partial charge is 0.272 e. The van der Waals surface area contributed by atoms with E-state index in [0.29, 0.717) is 5.39 Å². The quantitative estimate of drug-likeness (QED) is 0.642. The molecule has 1 aliphatic heterocycles. The van der Waals surface area contributed by atoms with Gasteiger partial charge in [-0.25, -0.2) is 21.6 Å². The third-order valence-corrected chi connectivity index (χ3v) is 8.00. The Balaban J connectivity index is 1.86. The number of amides is 1. The van der Waals surface area contributed by atoms with Gasteiger partial charge in [-0.15, -0.1) is 0 Å². The number of hydrogen-bond acceptors (Lipinski definition) is 5. The molecule has 0 aliphatic carbocycles. The third-order valence-electron chi connectivity index (χ3n) is 4.26. The average Bonchev–Trinajstić information content (AvgIpc) is 2.86. The van der Waals surface area contributed by atoms with E-state index >= 15 is 0 Å². The number of fused-ring (bicyclic) bond motifs is 1. The lowest BCUT2D eigenvalue weighted by Crippen LogP contribution is -2.53. The van der Waals surface area contributed by atoms with Crippen molar-refractivity contribution >= 4 is 71.3 Å². The van der Waals surface area contributed by atoms with Crippen LogP contribution in [-0.2, 0) is 24.7 Å². The first kappa shape index (κ1) is 21.6. The van der Waals surface area contributed by atoms with Crippen molar-refractivity contribution in [2.24, 2.45) is 0 Å². The highest BCUT2D eigenvalue weighted by molar-refractivity contribution is 7.92. The van der Waals surface area contributed by atoms with Gasteiger partial charge in [0, 0.05) is 0 Å². The summed E-state index contributed by atoms with van der Waals surface area (Å²) in [7, 11) is -7.65. The van der Waals surface area contributed by atoms with E-state index in [2.05, 4.69) is 10.0 Å². The fourth-order valence-electron chi connectivity index (χ4n) is 2.96. The van der Waals surface area contributed by atoms with Crippen molar-refractivity contribution in [2.45, 2.75) is 20.8 Å². The van der Waals surface area contributed by atoms with Crippen molar-refractivity contribution in [1.29, 1.82) is 0 Å². The largest absolute Gasteiger partial charge is 0.347 e. The topological polar surface area (TPSA) is 109 Å². The highest BCUT2D eigenvalue weighted by Crippen LogP contribution is 2.27. The molecule has 2 atom stereocenters. The molecular formula is C16H15Cl3N2O5S2. The minimum absolute atomic E-state index is 0.0260. The molecule has 3 rings (SSSR count). The van der Waals surface area contributed by atoms with E-state index in [4.69, 9.17) is 34.8 Å². The summed E-state index contributed by atoms with van der Waals surface area (Å²) in [6.07, 6.45) is 0.